The van der Waals surface area contributed by atoms with Crippen LogP contribution in [0.3, 0.4) is 0 Å². The van der Waals surface area contributed by atoms with Crippen LogP contribution in [-0.4, -0.2) is 32.1 Å². The lowest BCUT2D eigenvalue weighted by Gasteiger charge is -2.15. The zero-order valence-corrected chi connectivity index (χ0v) is 14.5. The first-order chi connectivity index (χ1) is 12.1. The Hall–Kier alpha value is -2.86. The summed E-state index contributed by atoms with van der Waals surface area (Å²) in [5, 5.41) is 6.58. The summed E-state index contributed by atoms with van der Waals surface area (Å²) < 4.78 is 5.69. The van der Waals surface area contributed by atoms with E-state index in [4.69, 9.17) is 4.74 Å². The molecule has 1 atom stereocenters. The lowest BCUT2D eigenvalue weighted by molar-refractivity contribution is -0.683. The van der Waals surface area contributed by atoms with Gasteiger partial charge in [0.2, 0.25) is 0 Å². The molecule has 4 N–H and O–H groups in total. The van der Waals surface area contributed by atoms with E-state index in [1.54, 1.807) is 0 Å². The van der Waals surface area contributed by atoms with Crippen LogP contribution in [0.4, 0.5) is 4.79 Å². The molecule has 0 aliphatic carbocycles. The van der Waals surface area contributed by atoms with Crippen molar-refractivity contribution in [2.24, 2.45) is 0 Å². The van der Waals surface area contributed by atoms with Gasteiger partial charge in [-0.25, -0.2) is 4.79 Å². The van der Waals surface area contributed by atoms with Crippen molar-refractivity contribution in [1.82, 2.24) is 10.6 Å². The number of aryl methyl sites for hydroxylation is 1. The third-order valence-electron chi connectivity index (χ3n) is 3.71. The fourth-order valence-corrected chi connectivity index (χ4v) is 2.35. The summed E-state index contributed by atoms with van der Waals surface area (Å²) in [6.07, 6.45) is 0. The van der Waals surface area contributed by atoms with Gasteiger partial charge in [-0.2, -0.15) is 0 Å². The normalized spacial score (nSPS) is 11.4. The van der Waals surface area contributed by atoms with E-state index in [1.807, 2.05) is 66.8 Å². The molecule has 6 heteroatoms. The van der Waals surface area contributed by atoms with Gasteiger partial charge >= 0.3 is 6.03 Å². The van der Waals surface area contributed by atoms with E-state index in [0.717, 1.165) is 11.3 Å². The number of hydrogen-bond acceptors (Lipinski definition) is 3. The molecule has 0 radical (unpaired) electrons. The maximum atomic E-state index is 12.4. The number of carbonyl (C=O) groups is 2. The zero-order chi connectivity index (χ0) is 18.1. The Morgan fingerprint density at radius 3 is 2.40 bits per heavy atom. The number of carbonyl (C=O) groups excluding carboxylic acids is 2. The monoisotopic (exact) mass is 342 g/mol. The Balaban J connectivity index is 1.92. The molecule has 2 aromatic rings. The molecule has 3 amide bonds. The minimum Gasteiger partial charge on any atom is -0.488 e. The lowest BCUT2D eigenvalue weighted by Crippen LogP contribution is -2.88. The summed E-state index contributed by atoms with van der Waals surface area (Å²) in [7, 11) is 1.47. The van der Waals surface area contributed by atoms with E-state index in [-0.39, 0.29) is 5.91 Å². The lowest BCUT2D eigenvalue weighted by atomic mass is 10.1. The predicted octanol–water partition coefficient (Wildman–Crippen LogP) is 1.13. The van der Waals surface area contributed by atoms with E-state index in [9.17, 15) is 9.59 Å². The van der Waals surface area contributed by atoms with Gasteiger partial charge in [-0.1, -0.05) is 48.0 Å². The molecule has 6 nitrogen and oxygen atoms in total. The van der Waals surface area contributed by atoms with E-state index < -0.39 is 12.1 Å². The van der Waals surface area contributed by atoms with Crippen LogP contribution in [0.2, 0.25) is 0 Å². The van der Waals surface area contributed by atoms with Crippen LogP contribution in [0.1, 0.15) is 17.2 Å². The van der Waals surface area contributed by atoms with Crippen molar-refractivity contribution in [2.45, 2.75) is 13.0 Å². The average molecular weight is 342 g/mol. The largest absolute Gasteiger partial charge is 0.488 e. The Kier molecular flexibility index (Phi) is 6.98. The van der Waals surface area contributed by atoms with Crippen LogP contribution in [0.5, 0.6) is 5.75 Å². The number of amides is 3. The number of nitrogens with one attached hydrogen (secondary N) is 2. The molecule has 25 heavy (non-hydrogen) atoms. The molecule has 0 saturated carbocycles. The van der Waals surface area contributed by atoms with Gasteiger partial charge in [0.15, 0.2) is 6.04 Å². The maximum Gasteiger partial charge on any atom is 0.321 e. The first-order valence-electron chi connectivity index (χ1n) is 8.20. The molecule has 0 spiro atoms. The molecule has 0 heterocycles. The number of urea groups is 1. The van der Waals surface area contributed by atoms with E-state index in [1.165, 1.54) is 12.6 Å². The first kappa shape index (κ1) is 18.5. The summed E-state index contributed by atoms with van der Waals surface area (Å²) in [5.74, 6) is 0.436. The van der Waals surface area contributed by atoms with Gasteiger partial charge in [0.1, 0.15) is 18.9 Å². The van der Waals surface area contributed by atoms with Gasteiger partial charge in [-0.3, -0.25) is 10.1 Å². The van der Waals surface area contributed by atoms with Crippen LogP contribution in [-0.2, 0) is 4.79 Å². The number of nitrogens with two attached hydrogens (primary N) is 1. The van der Waals surface area contributed by atoms with Crippen molar-refractivity contribution in [3.8, 4) is 5.75 Å². The standard InChI is InChI=1S/C19H23N3O3/c1-14-8-10-16(11-9-14)25-13-12-21-17(15-6-4-3-5-7-15)18(23)22-19(24)20-2/h3-11,17,21H,12-13H2,1-2H3,(H2,20,22,23,24)/p+1/t17-/m0/s1. The van der Waals surface area contributed by atoms with Gasteiger partial charge in [-0.15, -0.1) is 0 Å². The van der Waals surface area contributed by atoms with Crippen molar-refractivity contribution >= 4 is 11.9 Å². The van der Waals surface area contributed by atoms with Crippen LogP contribution >= 0.6 is 0 Å². The van der Waals surface area contributed by atoms with Crippen LogP contribution in [0, 0.1) is 6.92 Å². The molecular formula is C19H24N3O3+. The molecule has 0 aromatic heterocycles. The second-order valence-corrected chi connectivity index (χ2v) is 5.64. The summed E-state index contributed by atoms with van der Waals surface area (Å²) in [6, 6.07) is 16.1. The summed E-state index contributed by atoms with van der Waals surface area (Å²) in [6.45, 7) is 3.06. The molecular weight excluding hydrogens is 318 g/mol. The Labute approximate surface area is 147 Å². The van der Waals surface area contributed by atoms with Crippen LogP contribution in [0.25, 0.3) is 0 Å². The topological polar surface area (TPSA) is 84.0 Å². The second kappa shape index (κ2) is 9.44. The molecule has 0 saturated heterocycles. The second-order valence-electron chi connectivity index (χ2n) is 5.64. The van der Waals surface area contributed by atoms with Crippen molar-refractivity contribution < 1.29 is 19.6 Å². The highest BCUT2D eigenvalue weighted by atomic mass is 16.5. The molecule has 0 unspecified atom stereocenters. The highest BCUT2D eigenvalue weighted by molar-refractivity contribution is 5.96. The molecule has 2 rings (SSSR count). The third kappa shape index (κ3) is 5.93. The first-order valence-corrected chi connectivity index (χ1v) is 8.20. The van der Waals surface area contributed by atoms with Gasteiger partial charge < -0.3 is 15.4 Å². The number of benzene rings is 2. The summed E-state index contributed by atoms with van der Waals surface area (Å²) >= 11 is 0. The number of ether oxygens (including phenoxy) is 1. The summed E-state index contributed by atoms with van der Waals surface area (Å²) in [4.78, 5) is 23.8. The van der Waals surface area contributed by atoms with Crippen molar-refractivity contribution in [1.29, 1.82) is 0 Å². The molecule has 0 aliphatic rings. The number of rotatable bonds is 7. The van der Waals surface area contributed by atoms with Gasteiger partial charge in [0.25, 0.3) is 5.91 Å². The predicted molar refractivity (Wildman–Crippen MR) is 95.2 cm³/mol. The van der Waals surface area contributed by atoms with Crippen molar-refractivity contribution in [2.75, 3.05) is 20.2 Å². The average Bonchev–Trinajstić information content (AvgIpc) is 2.63. The number of imide groups is 1. The van der Waals surface area contributed by atoms with E-state index in [2.05, 4.69) is 10.6 Å². The zero-order valence-electron chi connectivity index (χ0n) is 14.5. The maximum absolute atomic E-state index is 12.4. The molecule has 0 aliphatic heterocycles. The SMILES string of the molecule is CNC(=O)NC(=O)[C@@H]([NH2+]CCOc1ccc(C)cc1)c1ccccc1. The van der Waals surface area contributed by atoms with Crippen LogP contribution < -0.4 is 20.7 Å². The van der Waals surface area contributed by atoms with Gasteiger partial charge in [-0.05, 0) is 19.1 Å². The molecule has 0 fully saturated rings. The summed E-state index contributed by atoms with van der Waals surface area (Å²) in [5.41, 5.74) is 2.01. The Morgan fingerprint density at radius 2 is 1.76 bits per heavy atom. The van der Waals surface area contributed by atoms with Crippen molar-refractivity contribution in [3.05, 3.63) is 65.7 Å². The molecule has 2 aromatic carbocycles. The fraction of sp³-hybridized carbons (Fsp3) is 0.263. The highest BCUT2D eigenvalue weighted by Gasteiger charge is 2.25. The third-order valence-corrected chi connectivity index (χ3v) is 3.71. The van der Waals surface area contributed by atoms with E-state index >= 15 is 0 Å². The fourth-order valence-electron chi connectivity index (χ4n) is 2.35. The van der Waals surface area contributed by atoms with Crippen LogP contribution in [0.15, 0.2) is 54.6 Å². The van der Waals surface area contributed by atoms with Gasteiger partial charge in [0.05, 0.1) is 0 Å². The molecule has 132 valence electrons. The minimum atomic E-state index is -0.518. The Morgan fingerprint density at radius 1 is 1.08 bits per heavy atom. The quantitative estimate of drug-likeness (QED) is 0.660. The van der Waals surface area contributed by atoms with Crippen molar-refractivity contribution in [3.63, 3.8) is 0 Å². The van der Waals surface area contributed by atoms with E-state index in [0.29, 0.717) is 13.2 Å². The number of hydrogen-bond donors (Lipinski definition) is 3. The smallest absolute Gasteiger partial charge is 0.321 e. The number of quaternary nitrogens is 1. The Bertz CT molecular complexity index is 687. The highest BCUT2D eigenvalue weighted by Crippen LogP contribution is 2.11. The van der Waals surface area contributed by atoms with Gasteiger partial charge in [0, 0.05) is 12.6 Å². The minimum absolute atomic E-state index is 0.360. The molecule has 0 bridgehead atoms.